The van der Waals surface area contributed by atoms with E-state index in [1.165, 1.54) is 5.56 Å². The molecule has 2 heteroatoms. The number of aliphatic hydroxyl groups excluding tert-OH is 1. The largest absolute Gasteiger partial charge is 0.487 e. The molecule has 0 spiro atoms. The van der Waals surface area contributed by atoms with Crippen LogP contribution in [0.15, 0.2) is 18.2 Å². The van der Waals surface area contributed by atoms with Crippen molar-refractivity contribution >= 4 is 0 Å². The zero-order valence-electron chi connectivity index (χ0n) is 8.71. The Kier molecular flexibility index (Phi) is 2.23. The molecule has 0 radical (unpaired) electrons. The molecule has 0 saturated heterocycles. The van der Waals surface area contributed by atoms with Gasteiger partial charge in [-0.15, -0.1) is 0 Å². The molecule has 2 rings (SSSR count). The van der Waals surface area contributed by atoms with Crippen LogP contribution < -0.4 is 4.74 Å². The smallest absolute Gasteiger partial charge is 0.128 e. The van der Waals surface area contributed by atoms with E-state index in [0.717, 1.165) is 24.2 Å². The Morgan fingerprint density at radius 3 is 2.93 bits per heavy atom. The van der Waals surface area contributed by atoms with Gasteiger partial charge in [0.15, 0.2) is 0 Å². The molecule has 0 saturated carbocycles. The Morgan fingerprint density at radius 1 is 1.43 bits per heavy atom. The molecule has 0 atom stereocenters. The van der Waals surface area contributed by atoms with Crippen molar-refractivity contribution in [3.8, 4) is 5.75 Å². The minimum absolute atomic E-state index is 0.0548. The van der Waals surface area contributed by atoms with Gasteiger partial charge in [-0.05, 0) is 32.3 Å². The first-order valence-corrected chi connectivity index (χ1v) is 5.03. The predicted molar refractivity (Wildman–Crippen MR) is 55.4 cm³/mol. The van der Waals surface area contributed by atoms with E-state index in [1.54, 1.807) is 0 Å². The van der Waals surface area contributed by atoms with Gasteiger partial charge in [0.2, 0.25) is 0 Å². The number of rotatable bonds is 1. The summed E-state index contributed by atoms with van der Waals surface area (Å²) in [4.78, 5) is 0. The third-order valence-corrected chi connectivity index (χ3v) is 2.72. The molecular formula is C12H16O2. The number of aliphatic hydroxyl groups is 1. The van der Waals surface area contributed by atoms with Gasteiger partial charge in [-0.25, -0.2) is 0 Å². The van der Waals surface area contributed by atoms with Crippen LogP contribution in [0.25, 0.3) is 0 Å². The number of ether oxygens (including phenoxy) is 1. The first-order valence-electron chi connectivity index (χ1n) is 5.03. The molecular weight excluding hydrogens is 176 g/mol. The van der Waals surface area contributed by atoms with Crippen molar-refractivity contribution in [2.24, 2.45) is 0 Å². The maximum atomic E-state index is 9.18. The van der Waals surface area contributed by atoms with E-state index in [9.17, 15) is 5.11 Å². The van der Waals surface area contributed by atoms with Crippen molar-refractivity contribution in [2.45, 2.75) is 38.9 Å². The third kappa shape index (κ3) is 1.62. The molecule has 0 bridgehead atoms. The lowest BCUT2D eigenvalue weighted by atomic mass is 9.93. The maximum Gasteiger partial charge on any atom is 0.128 e. The van der Waals surface area contributed by atoms with Crippen LogP contribution in [0, 0.1) is 0 Å². The highest BCUT2D eigenvalue weighted by Crippen LogP contribution is 2.35. The minimum atomic E-state index is -0.0989. The van der Waals surface area contributed by atoms with Crippen LogP contribution in [0.2, 0.25) is 0 Å². The van der Waals surface area contributed by atoms with E-state index in [4.69, 9.17) is 4.74 Å². The average Bonchev–Trinajstić information content (AvgIpc) is 2.15. The number of fused-ring (bicyclic) bond motifs is 1. The highest BCUT2D eigenvalue weighted by atomic mass is 16.5. The van der Waals surface area contributed by atoms with E-state index < -0.39 is 0 Å². The first-order chi connectivity index (χ1) is 6.62. The predicted octanol–water partition coefficient (Wildman–Crippen LogP) is 2.28. The lowest BCUT2D eigenvalue weighted by molar-refractivity contribution is 0.0811. The van der Waals surface area contributed by atoms with Crippen LogP contribution in [0.4, 0.5) is 0 Å². The Balaban J connectivity index is 2.43. The van der Waals surface area contributed by atoms with Gasteiger partial charge in [0.1, 0.15) is 11.4 Å². The number of hydrogen-bond donors (Lipinski definition) is 1. The normalized spacial score (nSPS) is 18.5. The third-order valence-electron chi connectivity index (χ3n) is 2.72. The quantitative estimate of drug-likeness (QED) is 0.739. The molecule has 1 aromatic carbocycles. The van der Waals surface area contributed by atoms with Crippen LogP contribution in [-0.2, 0) is 13.0 Å². The number of benzene rings is 1. The molecule has 14 heavy (non-hydrogen) atoms. The number of para-hydroxylation sites is 1. The summed E-state index contributed by atoms with van der Waals surface area (Å²) in [6.07, 6.45) is 2.07. The van der Waals surface area contributed by atoms with E-state index in [0.29, 0.717) is 0 Å². The van der Waals surface area contributed by atoms with E-state index in [2.05, 4.69) is 19.9 Å². The fourth-order valence-corrected chi connectivity index (χ4v) is 1.85. The minimum Gasteiger partial charge on any atom is -0.487 e. The first kappa shape index (κ1) is 9.53. The van der Waals surface area contributed by atoms with Crippen LogP contribution in [0.3, 0.4) is 0 Å². The zero-order valence-corrected chi connectivity index (χ0v) is 8.71. The maximum absolute atomic E-state index is 9.18. The molecule has 0 fully saturated rings. The van der Waals surface area contributed by atoms with Crippen LogP contribution >= 0.6 is 0 Å². The van der Waals surface area contributed by atoms with Crippen LogP contribution in [0.1, 0.15) is 31.4 Å². The van der Waals surface area contributed by atoms with E-state index in [-0.39, 0.29) is 12.2 Å². The van der Waals surface area contributed by atoms with Crippen molar-refractivity contribution in [3.63, 3.8) is 0 Å². The molecule has 1 aromatic rings. The summed E-state index contributed by atoms with van der Waals surface area (Å²) in [6, 6.07) is 5.97. The molecule has 1 aliphatic heterocycles. The lowest BCUT2D eigenvalue weighted by Gasteiger charge is -2.33. The average molecular weight is 192 g/mol. The summed E-state index contributed by atoms with van der Waals surface area (Å²) in [5.41, 5.74) is 2.02. The molecule has 0 unspecified atom stereocenters. The van der Waals surface area contributed by atoms with Gasteiger partial charge < -0.3 is 9.84 Å². The molecule has 1 aliphatic rings. The van der Waals surface area contributed by atoms with E-state index in [1.807, 2.05) is 12.1 Å². The topological polar surface area (TPSA) is 29.5 Å². The number of aryl methyl sites for hydroxylation is 1. The molecule has 1 heterocycles. The van der Waals surface area contributed by atoms with Crippen molar-refractivity contribution < 1.29 is 9.84 Å². The molecule has 1 N–H and O–H groups in total. The van der Waals surface area contributed by atoms with Crippen molar-refractivity contribution in [3.05, 3.63) is 29.3 Å². The van der Waals surface area contributed by atoms with Gasteiger partial charge in [0, 0.05) is 5.56 Å². The summed E-state index contributed by atoms with van der Waals surface area (Å²) in [6.45, 7) is 4.23. The monoisotopic (exact) mass is 192 g/mol. The highest BCUT2D eigenvalue weighted by molar-refractivity contribution is 5.43. The Hall–Kier alpha value is -1.02. The highest BCUT2D eigenvalue weighted by Gasteiger charge is 2.27. The zero-order chi connectivity index (χ0) is 10.2. The standard InChI is InChI=1S/C12H16O2/c1-12(2)7-6-9-4-3-5-10(8-13)11(9)14-12/h3-5,13H,6-8H2,1-2H3. The van der Waals surface area contributed by atoms with Gasteiger partial charge >= 0.3 is 0 Å². The van der Waals surface area contributed by atoms with Crippen molar-refractivity contribution in [1.82, 2.24) is 0 Å². The second kappa shape index (κ2) is 3.28. The van der Waals surface area contributed by atoms with Crippen LogP contribution in [0.5, 0.6) is 5.75 Å². The summed E-state index contributed by atoms with van der Waals surface area (Å²) >= 11 is 0. The summed E-state index contributed by atoms with van der Waals surface area (Å²) in [5, 5.41) is 9.18. The SMILES string of the molecule is CC1(C)CCc2cccc(CO)c2O1. The lowest BCUT2D eigenvalue weighted by Crippen LogP contribution is -2.33. The fourth-order valence-electron chi connectivity index (χ4n) is 1.85. The van der Waals surface area contributed by atoms with Gasteiger partial charge in [0.05, 0.1) is 6.61 Å². The molecule has 76 valence electrons. The number of hydrogen-bond acceptors (Lipinski definition) is 2. The van der Waals surface area contributed by atoms with Crippen molar-refractivity contribution in [2.75, 3.05) is 0 Å². The van der Waals surface area contributed by atoms with Gasteiger partial charge in [-0.3, -0.25) is 0 Å². The second-order valence-corrected chi connectivity index (χ2v) is 4.43. The molecule has 0 amide bonds. The van der Waals surface area contributed by atoms with Crippen molar-refractivity contribution in [1.29, 1.82) is 0 Å². The molecule has 2 nitrogen and oxygen atoms in total. The fraction of sp³-hybridized carbons (Fsp3) is 0.500. The summed E-state index contributed by atoms with van der Waals surface area (Å²) in [7, 11) is 0. The summed E-state index contributed by atoms with van der Waals surface area (Å²) < 4.78 is 5.88. The Bertz CT molecular complexity index is 328. The van der Waals surface area contributed by atoms with Gasteiger partial charge in [-0.1, -0.05) is 18.2 Å². The van der Waals surface area contributed by atoms with Crippen LogP contribution in [-0.4, -0.2) is 10.7 Å². The Morgan fingerprint density at radius 2 is 2.21 bits per heavy atom. The molecule has 0 aliphatic carbocycles. The molecule has 0 aromatic heterocycles. The van der Waals surface area contributed by atoms with Gasteiger partial charge in [0.25, 0.3) is 0 Å². The second-order valence-electron chi connectivity index (χ2n) is 4.43. The Labute approximate surface area is 84.5 Å². The van der Waals surface area contributed by atoms with E-state index >= 15 is 0 Å². The van der Waals surface area contributed by atoms with Gasteiger partial charge in [-0.2, -0.15) is 0 Å². The summed E-state index contributed by atoms with van der Waals surface area (Å²) in [5.74, 6) is 0.895.